The second kappa shape index (κ2) is 8.99. The minimum absolute atomic E-state index is 0.338. The van der Waals surface area contributed by atoms with Gasteiger partial charge < -0.3 is 15.1 Å². The molecule has 4 aliphatic carbocycles. The Hall–Kier alpha value is -1.53. The third kappa shape index (κ3) is 3.37. The number of aliphatic imine (C=N–C) groups is 1. The van der Waals surface area contributed by atoms with Gasteiger partial charge in [0.25, 0.3) is 0 Å². The average molecular weight is 526 g/mol. The zero-order chi connectivity index (χ0) is 25.8. The molecule has 208 valence electrons. The molecule has 0 amide bonds. The largest absolute Gasteiger partial charge is 0.334 e. The third-order valence-electron chi connectivity index (χ3n) is 13.2. The van der Waals surface area contributed by atoms with Gasteiger partial charge in [0.1, 0.15) is 0 Å². The maximum Gasteiger partial charge on any atom is 0.204 e. The predicted octanol–water partition coefficient (Wildman–Crippen LogP) is 4.10. The van der Waals surface area contributed by atoms with Crippen molar-refractivity contribution >= 4 is 18.1 Å². The first-order chi connectivity index (χ1) is 19.2. The maximum atomic E-state index is 5.69. The number of nitrogens with zero attached hydrogens (tertiary/aromatic N) is 3. The molecule has 6 fully saturated rings. The number of fused-ring (bicyclic) bond motifs is 8. The summed E-state index contributed by atoms with van der Waals surface area (Å²) < 4.78 is 0. The maximum absolute atomic E-state index is 5.69. The average Bonchev–Trinajstić information content (AvgIpc) is 3.36. The molecule has 6 heteroatoms. The number of piperazine rings is 1. The number of benzene rings is 1. The van der Waals surface area contributed by atoms with E-state index >= 15 is 0 Å². The SMILES string of the molecule is CC1NC2B(c3cccc4c3CCCC4)C3CCC4CCCC5C4C3N(C3=NC4CCCCC4N35)C2NC1C. The Morgan fingerprint density at radius 1 is 0.821 bits per heavy atom. The molecule has 0 aromatic heterocycles. The van der Waals surface area contributed by atoms with Crippen LogP contribution in [0.5, 0.6) is 0 Å². The van der Waals surface area contributed by atoms with Crippen LogP contribution in [0.3, 0.4) is 0 Å². The topological polar surface area (TPSA) is 42.9 Å². The molecule has 5 nitrogen and oxygen atoms in total. The molecule has 1 aromatic rings. The summed E-state index contributed by atoms with van der Waals surface area (Å²) in [7, 11) is 0. The lowest BCUT2D eigenvalue weighted by Gasteiger charge is -2.68. The van der Waals surface area contributed by atoms with Crippen molar-refractivity contribution in [2.75, 3.05) is 0 Å². The molecular weight excluding hydrogens is 477 g/mol. The van der Waals surface area contributed by atoms with Gasteiger partial charge in [-0.2, -0.15) is 0 Å². The van der Waals surface area contributed by atoms with Crippen LogP contribution in [0.15, 0.2) is 23.2 Å². The van der Waals surface area contributed by atoms with Crippen LogP contribution in [0.4, 0.5) is 0 Å². The number of hydrogen-bond acceptors (Lipinski definition) is 5. The first-order valence-corrected chi connectivity index (χ1v) is 17.0. The summed E-state index contributed by atoms with van der Waals surface area (Å²) in [5.41, 5.74) is 5.11. The fraction of sp³-hybridized carbons (Fsp3) is 0.788. The Kier molecular flexibility index (Phi) is 5.55. The van der Waals surface area contributed by atoms with Crippen LogP contribution >= 0.6 is 0 Å². The number of rotatable bonds is 1. The summed E-state index contributed by atoms with van der Waals surface area (Å²) in [5, 5.41) is 8.53. The van der Waals surface area contributed by atoms with Gasteiger partial charge in [0.05, 0.1) is 18.2 Å². The van der Waals surface area contributed by atoms with Gasteiger partial charge in [-0.3, -0.25) is 5.32 Å². The lowest BCUT2D eigenvalue weighted by molar-refractivity contribution is -0.0631. The lowest BCUT2D eigenvalue weighted by Crippen LogP contribution is -2.85. The van der Waals surface area contributed by atoms with Crippen LogP contribution in [0.25, 0.3) is 0 Å². The zero-order valence-corrected chi connectivity index (χ0v) is 24.2. The summed E-state index contributed by atoms with van der Waals surface area (Å²) in [4.78, 5) is 11.6. The van der Waals surface area contributed by atoms with Gasteiger partial charge in [0.15, 0.2) is 5.96 Å². The fourth-order valence-electron chi connectivity index (χ4n) is 11.5. The van der Waals surface area contributed by atoms with Crippen molar-refractivity contribution in [2.45, 2.75) is 151 Å². The normalized spacial score (nSPS) is 45.9. The van der Waals surface area contributed by atoms with Crippen LogP contribution in [0, 0.1) is 11.8 Å². The number of aryl methyl sites for hydroxylation is 1. The van der Waals surface area contributed by atoms with Gasteiger partial charge in [0.2, 0.25) is 6.71 Å². The molecule has 0 radical (unpaired) electrons. The molecule has 9 rings (SSSR count). The summed E-state index contributed by atoms with van der Waals surface area (Å²) in [6, 6.07) is 11.0. The molecule has 3 saturated heterocycles. The highest BCUT2D eigenvalue weighted by atomic mass is 15.5. The molecular formula is C33H48BN5. The van der Waals surface area contributed by atoms with Gasteiger partial charge in [0, 0.05) is 36.0 Å². The molecule has 2 N–H and O–H groups in total. The predicted molar refractivity (Wildman–Crippen MR) is 160 cm³/mol. The molecule has 3 saturated carbocycles. The van der Waals surface area contributed by atoms with E-state index < -0.39 is 0 Å². The van der Waals surface area contributed by atoms with Gasteiger partial charge in [-0.15, -0.1) is 0 Å². The number of hydrogen-bond donors (Lipinski definition) is 2. The van der Waals surface area contributed by atoms with E-state index in [1.165, 1.54) is 89.4 Å². The summed E-state index contributed by atoms with van der Waals surface area (Å²) >= 11 is 0. The first-order valence-electron chi connectivity index (χ1n) is 17.0. The summed E-state index contributed by atoms with van der Waals surface area (Å²) in [6.45, 7) is 5.42. The Bertz CT molecular complexity index is 1170. The molecule has 11 atom stereocenters. The highest BCUT2D eigenvalue weighted by molar-refractivity contribution is 6.77. The Morgan fingerprint density at radius 3 is 2.62 bits per heavy atom. The van der Waals surface area contributed by atoms with Gasteiger partial charge in [-0.25, -0.2) is 4.99 Å². The number of guanidine groups is 1. The van der Waals surface area contributed by atoms with Crippen LogP contribution in [0.1, 0.15) is 95.6 Å². The van der Waals surface area contributed by atoms with E-state index in [2.05, 4.69) is 52.5 Å². The molecule has 1 aromatic carbocycles. The highest BCUT2D eigenvalue weighted by Gasteiger charge is 2.65. The van der Waals surface area contributed by atoms with Crippen molar-refractivity contribution in [3.63, 3.8) is 0 Å². The van der Waals surface area contributed by atoms with Crippen LogP contribution in [-0.2, 0) is 12.8 Å². The van der Waals surface area contributed by atoms with Crippen LogP contribution in [0.2, 0.25) is 5.82 Å². The molecule has 39 heavy (non-hydrogen) atoms. The highest BCUT2D eigenvalue weighted by Crippen LogP contribution is 2.57. The summed E-state index contributed by atoms with van der Waals surface area (Å²) in [5.74, 6) is 4.31. The van der Waals surface area contributed by atoms with Crippen molar-refractivity contribution in [3.8, 4) is 0 Å². The standard InChI is InChI=1S/C33H48BN5/c1-19-20(2)36-32-31(35-19)34(24-13-7-10-21-9-3-4-12-23(21)24)25-18-17-22-11-8-16-28-29(22)30(25)39(32)33-37-26-14-5-6-15-27(26)38(28)33/h7,10,13,19-20,22,25-32,35-36H,3-6,8-9,11-12,14-18H2,1-2H3. The molecule has 0 bridgehead atoms. The second-order valence-corrected chi connectivity index (χ2v) is 14.8. The molecule has 8 aliphatic rings. The van der Waals surface area contributed by atoms with Crippen molar-refractivity contribution < 1.29 is 0 Å². The zero-order valence-electron chi connectivity index (χ0n) is 24.2. The Labute approximate surface area is 236 Å². The minimum atomic E-state index is 0.338. The molecule has 0 spiro atoms. The fourth-order valence-corrected chi connectivity index (χ4v) is 11.5. The second-order valence-electron chi connectivity index (χ2n) is 14.8. The third-order valence-corrected chi connectivity index (χ3v) is 13.2. The van der Waals surface area contributed by atoms with E-state index in [0.717, 1.165) is 23.7 Å². The first kappa shape index (κ1) is 24.1. The number of nitrogens with one attached hydrogen (secondary N) is 2. The van der Waals surface area contributed by atoms with Crippen molar-refractivity contribution in [1.82, 2.24) is 20.4 Å². The minimum Gasteiger partial charge on any atom is -0.334 e. The summed E-state index contributed by atoms with van der Waals surface area (Å²) in [6.07, 6.45) is 18.2. The van der Waals surface area contributed by atoms with Crippen molar-refractivity contribution in [1.29, 1.82) is 0 Å². The quantitative estimate of drug-likeness (QED) is 0.542. The van der Waals surface area contributed by atoms with Crippen LogP contribution < -0.4 is 16.1 Å². The Balaban J connectivity index is 1.22. The van der Waals surface area contributed by atoms with Crippen molar-refractivity contribution in [3.05, 3.63) is 29.3 Å². The van der Waals surface area contributed by atoms with E-state index in [1.807, 2.05) is 0 Å². The van der Waals surface area contributed by atoms with E-state index in [4.69, 9.17) is 4.99 Å². The smallest absolute Gasteiger partial charge is 0.204 e. The molecule has 11 unspecified atom stereocenters. The van der Waals surface area contributed by atoms with Gasteiger partial charge >= 0.3 is 0 Å². The van der Waals surface area contributed by atoms with Gasteiger partial charge in [-0.1, -0.05) is 61.3 Å². The van der Waals surface area contributed by atoms with E-state index in [1.54, 1.807) is 16.6 Å². The van der Waals surface area contributed by atoms with Crippen molar-refractivity contribution in [2.24, 2.45) is 16.8 Å². The lowest BCUT2D eigenvalue weighted by atomic mass is 9.26. The van der Waals surface area contributed by atoms with Gasteiger partial charge in [-0.05, 0) is 82.5 Å². The van der Waals surface area contributed by atoms with Crippen LogP contribution in [-0.4, -0.2) is 70.8 Å². The molecule has 4 heterocycles. The Morgan fingerprint density at radius 2 is 1.67 bits per heavy atom. The van der Waals surface area contributed by atoms with E-state index in [-0.39, 0.29) is 0 Å². The monoisotopic (exact) mass is 525 g/mol. The van der Waals surface area contributed by atoms with E-state index in [0.29, 0.717) is 49.0 Å². The van der Waals surface area contributed by atoms with E-state index in [9.17, 15) is 0 Å². The molecule has 4 aliphatic heterocycles.